The van der Waals surface area contributed by atoms with E-state index >= 15 is 0 Å². The summed E-state index contributed by atoms with van der Waals surface area (Å²) < 4.78 is 27.8. The standard InChI is InChI=1S/C20H19NO3S/c22-15-20(18-9-5-2-6-10-18)21-25(23,24)19-13-11-17(12-14-19)16-7-3-1-4-8-16/h1-14,20-22H,15H2. The zero-order valence-electron chi connectivity index (χ0n) is 13.5. The van der Waals surface area contributed by atoms with E-state index in [1.807, 2.05) is 36.4 Å². The number of aliphatic hydroxyl groups excluding tert-OH is 1. The van der Waals surface area contributed by atoms with Crippen molar-refractivity contribution in [3.8, 4) is 11.1 Å². The third-order valence-electron chi connectivity index (χ3n) is 3.95. The van der Waals surface area contributed by atoms with Crippen LogP contribution in [0.2, 0.25) is 0 Å². The fourth-order valence-electron chi connectivity index (χ4n) is 2.61. The summed E-state index contributed by atoms with van der Waals surface area (Å²) in [6, 6.07) is 24.8. The second-order valence-electron chi connectivity index (χ2n) is 5.66. The molecule has 0 spiro atoms. The smallest absolute Gasteiger partial charge is 0.241 e. The van der Waals surface area contributed by atoms with Crippen LogP contribution in [0.3, 0.4) is 0 Å². The van der Waals surface area contributed by atoms with Gasteiger partial charge in [-0.2, -0.15) is 0 Å². The van der Waals surface area contributed by atoms with E-state index in [4.69, 9.17) is 0 Å². The van der Waals surface area contributed by atoms with Crippen molar-refractivity contribution < 1.29 is 13.5 Å². The van der Waals surface area contributed by atoms with Crippen LogP contribution in [0.4, 0.5) is 0 Å². The maximum Gasteiger partial charge on any atom is 0.241 e. The number of rotatable bonds is 6. The SMILES string of the molecule is O=S(=O)(NC(CO)c1ccccc1)c1ccc(-c2ccccc2)cc1. The van der Waals surface area contributed by atoms with Crippen LogP contribution in [-0.2, 0) is 10.0 Å². The van der Waals surface area contributed by atoms with E-state index in [1.54, 1.807) is 48.5 Å². The average Bonchev–Trinajstić information content (AvgIpc) is 2.67. The molecule has 1 unspecified atom stereocenters. The first-order chi connectivity index (χ1) is 12.1. The van der Waals surface area contributed by atoms with Gasteiger partial charge < -0.3 is 5.11 Å². The minimum Gasteiger partial charge on any atom is -0.394 e. The highest BCUT2D eigenvalue weighted by Crippen LogP contribution is 2.22. The molecule has 0 amide bonds. The molecule has 4 nitrogen and oxygen atoms in total. The molecule has 2 N–H and O–H groups in total. The predicted molar refractivity (Wildman–Crippen MR) is 98.5 cm³/mol. The molecular formula is C20H19NO3S. The Bertz CT molecular complexity index is 908. The van der Waals surface area contributed by atoms with E-state index in [2.05, 4.69) is 4.72 Å². The molecule has 25 heavy (non-hydrogen) atoms. The molecule has 0 aromatic heterocycles. The molecule has 3 rings (SSSR count). The minimum absolute atomic E-state index is 0.168. The fourth-order valence-corrected chi connectivity index (χ4v) is 3.82. The molecule has 0 saturated heterocycles. The number of aliphatic hydroxyl groups is 1. The molecule has 3 aromatic carbocycles. The lowest BCUT2D eigenvalue weighted by atomic mass is 10.1. The third kappa shape index (κ3) is 4.14. The van der Waals surface area contributed by atoms with E-state index in [1.165, 1.54) is 0 Å². The number of sulfonamides is 1. The Morgan fingerprint density at radius 2 is 1.28 bits per heavy atom. The molecule has 0 heterocycles. The molecule has 0 aliphatic heterocycles. The summed E-state index contributed by atoms with van der Waals surface area (Å²) in [4.78, 5) is 0.168. The number of nitrogens with one attached hydrogen (secondary N) is 1. The van der Waals surface area contributed by atoms with Crippen LogP contribution in [0.15, 0.2) is 89.8 Å². The van der Waals surface area contributed by atoms with Crippen molar-refractivity contribution in [3.05, 3.63) is 90.5 Å². The van der Waals surface area contributed by atoms with Gasteiger partial charge in [-0.05, 0) is 28.8 Å². The van der Waals surface area contributed by atoms with Crippen LogP contribution < -0.4 is 4.72 Å². The lowest BCUT2D eigenvalue weighted by Gasteiger charge is -2.17. The average molecular weight is 353 g/mol. The van der Waals surface area contributed by atoms with Crippen molar-refractivity contribution >= 4 is 10.0 Å². The minimum atomic E-state index is -3.73. The van der Waals surface area contributed by atoms with Gasteiger partial charge in [0, 0.05) is 0 Å². The van der Waals surface area contributed by atoms with E-state index in [0.717, 1.165) is 16.7 Å². The summed E-state index contributed by atoms with van der Waals surface area (Å²) in [5.41, 5.74) is 2.69. The highest BCUT2D eigenvalue weighted by atomic mass is 32.2. The van der Waals surface area contributed by atoms with E-state index in [-0.39, 0.29) is 11.5 Å². The highest BCUT2D eigenvalue weighted by molar-refractivity contribution is 7.89. The van der Waals surface area contributed by atoms with E-state index in [0.29, 0.717) is 0 Å². The third-order valence-corrected chi connectivity index (χ3v) is 5.44. The Morgan fingerprint density at radius 1 is 0.760 bits per heavy atom. The molecule has 0 radical (unpaired) electrons. The van der Waals surface area contributed by atoms with Crippen molar-refractivity contribution in [1.82, 2.24) is 4.72 Å². The molecule has 0 aliphatic carbocycles. The molecule has 3 aromatic rings. The first-order valence-electron chi connectivity index (χ1n) is 7.94. The molecule has 128 valence electrons. The molecule has 0 bridgehead atoms. The second kappa shape index (κ2) is 7.61. The van der Waals surface area contributed by atoms with Crippen molar-refractivity contribution in [3.63, 3.8) is 0 Å². The van der Waals surface area contributed by atoms with Gasteiger partial charge in [-0.3, -0.25) is 0 Å². The van der Waals surface area contributed by atoms with Crippen molar-refractivity contribution in [2.24, 2.45) is 0 Å². The van der Waals surface area contributed by atoms with Crippen LogP contribution >= 0.6 is 0 Å². The Hall–Kier alpha value is -2.47. The van der Waals surface area contributed by atoms with Gasteiger partial charge in [-0.25, -0.2) is 13.1 Å². The largest absolute Gasteiger partial charge is 0.394 e. The van der Waals surface area contributed by atoms with E-state index < -0.39 is 16.1 Å². The number of hydrogen-bond acceptors (Lipinski definition) is 3. The Balaban J connectivity index is 1.82. The monoisotopic (exact) mass is 353 g/mol. The van der Waals surface area contributed by atoms with E-state index in [9.17, 15) is 13.5 Å². The first kappa shape index (κ1) is 17.4. The van der Waals surface area contributed by atoms with Gasteiger partial charge in [0.25, 0.3) is 0 Å². The quantitative estimate of drug-likeness (QED) is 0.714. The van der Waals surface area contributed by atoms with Gasteiger partial charge in [-0.15, -0.1) is 0 Å². The highest BCUT2D eigenvalue weighted by Gasteiger charge is 2.20. The van der Waals surface area contributed by atoms with Crippen molar-refractivity contribution in [2.45, 2.75) is 10.9 Å². The van der Waals surface area contributed by atoms with Crippen LogP contribution in [0, 0.1) is 0 Å². The molecule has 0 fully saturated rings. The van der Waals surface area contributed by atoms with Gasteiger partial charge in [-0.1, -0.05) is 72.8 Å². The maximum absolute atomic E-state index is 12.6. The number of hydrogen-bond donors (Lipinski definition) is 2. The number of benzene rings is 3. The van der Waals surface area contributed by atoms with Crippen LogP contribution in [-0.4, -0.2) is 20.1 Å². The molecule has 0 saturated carbocycles. The summed E-state index contributed by atoms with van der Waals surface area (Å²) in [7, 11) is -3.73. The zero-order valence-corrected chi connectivity index (χ0v) is 14.4. The molecule has 5 heteroatoms. The van der Waals surface area contributed by atoms with Gasteiger partial charge in [0.05, 0.1) is 17.5 Å². The predicted octanol–water partition coefficient (Wildman–Crippen LogP) is 3.37. The van der Waals surface area contributed by atoms with Crippen molar-refractivity contribution in [2.75, 3.05) is 6.61 Å². The van der Waals surface area contributed by atoms with Crippen LogP contribution in [0.5, 0.6) is 0 Å². The molecule has 0 aliphatic rings. The molecule has 1 atom stereocenters. The Morgan fingerprint density at radius 3 is 1.84 bits per heavy atom. The lowest BCUT2D eigenvalue weighted by molar-refractivity contribution is 0.259. The van der Waals surface area contributed by atoms with Crippen LogP contribution in [0.25, 0.3) is 11.1 Å². The Labute approximate surface area is 147 Å². The first-order valence-corrected chi connectivity index (χ1v) is 9.42. The topological polar surface area (TPSA) is 66.4 Å². The lowest BCUT2D eigenvalue weighted by Crippen LogP contribution is -2.30. The van der Waals surface area contributed by atoms with Crippen LogP contribution in [0.1, 0.15) is 11.6 Å². The van der Waals surface area contributed by atoms with Gasteiger partial charge in [0.15, 0.2) is 0 Å². The normalized spacial score (nSPS) is 12.7. The summed E-state index contributed by atoms with van der Waals surface area (Å²) in [6.07, 6.45) is 0. The van der Waals surface area contributed by atoms with Gasteiger partial charge in [0.1, 0.15) is 0 Å². The van der Waals surface area contributed by atoms with Crippen molar-refractivity contribution in [1.29, 1.82) is 0 Å². The van der Waals surface area contributed by atoms with Gasteiger partial charge >= 0.3 is 0 Å². The fraction of sp³-hybridized carbons (Fsp3) is 0.100. The zero-order chi connectivity index (χ0) is 17.7. The summed E-state index contributed by atoms with van der Waals surface area (Å²) >= 11 is 0. The Kier molecular flexibility index (Phi) is 5.28. The van der Waals surface area contributed by atoms with Gasteiger partial charge in [0.2, 0.25) is 10.0 Å². The summed E-state index contributed by atoms with van der Waals surface area (Å²) in [5, 5.41) is 9.56. The summed E-state index contributed by atoms with van der Waals surface area (Å²) in [5.74, 6) is 0. The second-order valence-corrected chi connectivity index (χ2v) is 7.37. The maximum atomic E-state index is 12.6. The molecular weight excluding hydrogens is 334 g/mol. The summed E-state index contributed by atoms with van der Waals surface area (Å²) in [6.45, 7) is -0.314.